The maximum Gasteiger partial charge on any atom is 0.320 e. The molecule has 1 rings (SSSR count). The second-order valence-corrected chi connectivity index (χ2v) is 5.05. The highest BCUT2D eigenvalue weighted by Crippen LogP contribution is 2.20. The van der Waals surface area contributed by atoms with E-state index >= 15 is 0 Å². The maximum atomic E-state index is 13.6. The smallest absolute Gasteiger partial charge is 0.320 e. The molecule has 0 saturated carbocycles. The predicted molar refractivity (Wildman–Crippen MR) is 68.8 cm³/mol. The molecular formula is C14H19F2NO2. The zero-order valence-electron chi connectivity index (χ0n) is 11.3. The molecular weight excluding hydrogens is 252 g/mol. The highest BCUT2D eigenvalue weighted by Gasteiger charge is 2.23. The minimum absolute atomic E-state index is 0.134. The third kappa shape index (κ3) is 4.28. The molecule has 0 fully saturated rings. The van der Waals surface area contributed by atoms with E-state index in [2.05, 4.69) is 5.32 Å². The topological polar surface area (TPSA) is 49.3 Å². The van der Waals surface area contributed by atoms with E-state index in [0.717, 1.165) is 6.07 Å². The number of aliphatic carboxylic acids is 1. The van der Waals surface area contributed by atoms with E-state index in [-0.39, 0.29) is 11.5 Å². The van der Waals surface area contributed by atoms with E-state index in [1.807, 2.05) is 13.8 Å². The number of carboxylic acids is 1. The zero-order valence-corrected chi connectivity index (χ0v) is 11.3. The van der Waals surface area contributed by atoms with Crippen LogP contribution in [0.3, 0.4) is 0 Å². The van der Waals surface area contributed by atoms with Gasteiger partial charge < -0.3 is 5.11 Å². The fourth-order valence-corrected chi connectivity index (χ4v) is 1.96. The Morgan fingerprint density at radius 1 is 1.32 bits per heavy atom. The van der Waals surface area contributed by atoms with Gasteiger partial charge in [0.1, 0.15) is 6.04 Å². The Morgan fingerprint density at radius 2 is 1.95 bits per heavy atom. The van der Waals surface area contributed by atoms with Crippen molar-refractivity contribution in [3.05, 3.63) is 35.4 Å². The van der Waals surface area contributed by atoms with E-state index < -0.39 is 29.7 Å². The zero-order chi connectivity index (χ0) is 14.6. The van der Waals surface area contributed by atoms with Crippen LogP contribution in [0.2, 0.25) is 0 Å². The van der Waals surface area contributed by atoms with Crippen LogP contribution >= 0.6 is 0 Å². The Bertz CT molecular complexity index is 449. The minimum Gasteiger partial charge on any atom is -0.480 e. The lowest BCUT2D eigenvalue weighted by Crippen LogP contribution is -2.39. The van der Waals surface area contributed by atoms with Crippen LogP contribution in [0.1, 0.15) is 38.8 Å². The van der Waals surface area contributed by atoms with Crippen LogP contribution in [0.5, 0.6) is 0 Å². The molecule has 0 aliphatic heterocycles. The average molecular weight is 271 g/mol. The second-order valence-electron chi connectivity index (χ2n) is 5.05. The van der Waals surface area contributed by atoms with Gasteiger partial charge in [0.2, 0.25) is 0 Å². The Kier molecular flexibility index (Phi) is 5.42. The van der Waals surface area contributed by atoms with Gasteiger partial charge in [-0.3, -0.25) is 10.1 Å². The largest absolute Gasteiger partial charge is 0.480 e. The van der Waals surface area contributed by atoms with Crippen molar-refractivity contribution in [2.45, 2.75) is 39.3 Å². The van der Waals surface area contributed by atoms with Crippen LogP contribution < -0.4 is 5.32 Å². The van der Waals surface area contributed by atoms with E-state index in [9.17, 15) is 13.6 Å². The number of hydrogen-bond acceptors (Lipinski definition) is 2. The number of carboxylic acid groups (broad SMARTS) is 1. The van der Waals surface area contributed by atoms with Crippen LogP contribution in [0.4, 0.5) is 8.78 Å². The van der Waals surface area contributed by atoms with Gasteiger partial charge >= 0.3 is 5.97 Å². The van der Waals surface area contributed by atoms with Gasteiger partial charge in [-0.1, -0.05) is 26.0 Å². The van der Waals surface area contributed by atoms with Crippen molar-refractivity contribution >= 4 is 5.97 Å². The average Bonchev–Trinajstić information content (AvgIpc) is 2.31. The predicted octanol–water partition coefficient (Wildman–Crippen LogP) is 3.11. The summed E-state index contributed by atoms with van der Waals surface area (Å²) in [5, 5.41) is 11.9. The number of halogens is 2. The molecule has 0 heterocycles. The molecule has 0 aliphatic rings. The van der Waals surface area contributed by atoms with Crippen molar-refractivity contribution < 1.29 is 18.7 Å². The van der Waals surface area contributed by atoms with Gasteiger partial charge in [-0.15, -0.1) is 0 Å². The first-order valence-electron chi connectivity index (χ1n) is 6.25. The molecule has 2 N–H and O–H groups in total. The summed E-state index contributed by atoms with van der Waals surface area (Å²) in [5.74, 6) is -2.66. The molecule has 0 bridgehead atoms. The summed E-state index contributed by atoms with van der Waals surface area (Å²) in [6.45, 7) is 5.43. The Balaban J connectivity index is 2.84. The quantitative estimate of drug-likeness (QED) is 0.835. The molecule has 106 valence electrons. The first kappa shape index (κ1) is 15.6. The van der Waals surface area contributed by atoms with Gasteiger partial charge in [0.25, 0.3) is 0 Å². The van der Waals surface area contributed by atoms with Crippen molar-refractivity contribution in [2.24, 2.45) is 5.92 Å². The standard InChI is InChI=1S/C14H19F2NO2/c1-8(2)7-12(14(18)19)17-9(3)10-5-4-6-11(15)13(10)16/h4-6,8-9,12,17H,7H2,1-3H3,(H,18,19). The second kappa shape index (κ2) is 6.61. The first-order valence-corrected chi connectivity index (χ1v) is 6.25. The number of hydrogen-bond donors (Lipinski definition) is 2. The van der Waals surface area contributed by atoms with Gasteiger partial charge in [-0.25, -0.2) is 8.78 Å². The number of nitrogens with one attached hydrogen (secondary N) is 1. The molecule has 0 aliphatic carbocycles. The van der Waals surface area contributed by atoms with E-state index in [4.69, 9.17) is 5.11 Å². The monoisotopic (exact) mass is 271 g/mol. The summed E-state index contributed by atoms with van der Waals surface area (Å²) in [5.41, 5.74) is 0.134. The molecule has 2 unspecified atom stereocenters. The van der Waals surface area contributed by atoms with E-state index in [1.54, 1.807) is 6.92 Å². The summed E-state index contributed by atoms with van der Waals surface area (Å²) in [4.78, 5) is 11.1. The maximum absolute atomic E-state index is 13.6. The Morgan fingerprint density at radius 3 is 2.47 bits per heavy atom. The highest BCUT2D eigenvalue weighted by atomic mass is 19.2. The summed E-state index contributed by atoms with van der Waals surface area (Å²) >= 11 is 0. The molecule has 0 aromatic heterocycles. The third-order valence-corrected chi connectivity index (χ3v) is 2.90. The third-order valence-electron chi connectivity index (χ3n) is 2.90. The molecule has 0 amide bonds. The van der Waals surface area contributed by atoms with Crippen molar-refractivity contribution in [3.63, 3.8) is 0 Å². The summed E-state index contributed by atoms with van der Waals surface area (Å²) in [7, 11) is 0. The van der Waals surface area contributed by atoms with Crippen LogP contribution in [-0.4, -0.2) is 17.1 Å². The molecule has 0 saturated heterocycles. The summed E-state index contributed by atoms with van der Waals surface area (Å²) < 4.78 is 26.7. The molecule has 0 spiro atoms. The molecule has 1 aromatic carbocycles. The number of benzene rings is 1. The molecule has 5 heteroatoms. The fraction of sp³-hybridized carbons (Fsp3) is 0.500. The van der Waals surface area contributed by atoms with Crippen LogP contribution in [0.15, 0.2) is 18.2 Å². The normalized spacial score (nSPS) is 14.4. The molecule has 19 heavy (non-hydrogen) atoms. The van der Waals surface area contributed by atoms with Gasteiger partial charge in [-0.05, 0) is 25.3 Å². The highest BCUT2D eigenvalue weighted by molar-refractivity contribution is 5.73. The molecule has 3 nitrogen and oxygen atoms in total. The molecule has 2 atom stereocenters. The summed E-state index contributed by atoms with van der Waals surface area (Å²) in [6.07, 6.45) is 0.427. The number of rotatable bonds is 6. The van der Waals surface area contributed by atoms with Crippen molar-refractivity contribution in [1.29, 1.82) is 0 Å². The van der Waals surface area contributed by atoms with Gasteiger partial charge in [0, 0.05) is 11.6 Å². The van der Waals surface area contributed by atoms with Crippen molar-refractivity contribution in [3.8, 4) is 0 Å². The lowest BCUT2D eigenvalue weighted by Gasteiger charge is -2.22. The molecule has 1 aromatic rings. The number of carbonyl (C=O) groups is 1. The van der Waals surface area contributed by atoms with Crippen molar-refractivity contribution in [2.75, 3.05) is 0 Å². The van der Waals surface area contributed by atoms with E-state index in [1.165, 1.54) is 12.1 Å². The van der Waals surface area contributed by atoms with Crippen LogP contribution in [-0.2, 0) is 4.79 Å². The van der Waals surface area contributed by atoms with Gasteiger partial charge in [-0.2, -0.15) is 0 Å². The van der Waals surface area contributed by atoms with Gasteiger partial charge in [0.05, 0.1) is 0 Å². The van der Waals surface area contributed by atoms with E-state index in [0.29, 0.717) is 6.42 Å². The van der Waals surface area contributed by atoms with Crippen LogP contribution in [0.25, 0.3) is 0 Å². The molecule has 0 radical (unpaired) electrons. The Labute approximate surface area is 111 Å². The fourth-order valence-electron chi connectivity index (χ4n) is 1.96. The van der Waals surface area contributed by atoms with Crippen molar-refractivity contribution in [1.82, 2.24) is 5.32 Å². The Hall–Kier alpha value is -1.49. The summed E-state index contributed by atoms with van der Waals surface area (Å²) in [6, 6.07) is 2.54. The lowest BCUT2D eigenvalue weighted by molar-refractivity contribution is -0.140. The SMILES string of the molecule is CC(C)CC(NC(C)c1cccc(F)c1F)C(=O)O. The first-order chi connectivity index (χ1) is 8.82. The minimum atomic E-state index is -0.989. The van der Waals surface area contributed by atoms with Crippen LogP contribution in [0, 0.1) is 17.6 Å². The van der Waals surface area contributed by atoms with Gasteiger partial charge in [0.15, 0.2) is 11.6 Å². The lowest BCUT2D eigenvalue weighted by atomic mass is 10.0.